The second-order valence-electron chi connectivity index (χ2n) is 2.77. The summed E-state index contributed by atoms with van der Waals surface area (Å²) in [6, 6.07) is 0.800. The van der Waals surface area contributed by atoms with Gasteiger partial charge in [0.25, 0.3) is 12.1 Å². The van der Waals surface area contributed by atoms with Crippen molar-refractivity contribution >= 4 is 27.7 Å². The fourth-order valence-electron chi connectivity index (χ4n) is 1.06. The number of nitro groups is 1. The Labute approximate surface area is 102 Å². The fourth-order valence-corrected chi connectivity index (χ4v) is 1.63. The van der Waals surface area contributed by atoms with Crippen LogP contribution in [0.1, 0.15) is 22.5 Å². The molecule has 9 heteroatoms. The van der Waals surface area contributed by atoms with Gasteiger partial charge in [0.2, 0.25) is 0 Å². The van der Waals surface area contributed by atoms with Crippen LogP contribution in [0.3, 0.4) is 0 Å². The summed E-state index contributed by atoms with van der Waals surface area (Å²) in [5.41, 5.74) is -1.51. The van der Waals surface area contributed by atoms with Crippen LogP contribution in [0.25, 0.3) is 0 Å². The summed E-state index contributed by atoms with van der Waals surface area (Å²) in [6.07, 6.45) is -3.01. The van der Waals surface area contributed by atoms with Gasteiger partial charge >= 0.3 is 11.8 Å². The Balaban J connectivity index is 3.50. The molecule has 0 spiro atoms. The number of carbonyl (C=O) groups excluding carboxylic acids is 1. The molecule has 1 aromatic rings. The topological polar surface area (TPSA) is 82.3 Å². The van der Waals surface area contributed by atoms with Gasteiger partial charge in [-0.25, -0.2) is 13.6 Å². The molecular weight excluding hydrogens is 306 g/mol. The Morgan fingerprint density at radius 1 is 1.65 bits per heavy atom. The third kappa shape index (κ3) is 2.73. The Bertz CT molecular complexity index is 481. The van der Waals surface area contributed by atoms with E-state index in [-0.39, 0.29) is 4.47 Å². The number of esters is 1. The van der Waals surface area contributed by atoms with Gasteiger partial charge in [-0.05, 0) is 25.8 Å². The average Bonchev–Trinajstić information content (AvgIpc) is 2.26. The molecule has 0 unspecified atom stereocenters. The zero-order valence-electron chi connectivity index (χ0n) is 8.32. The second kappa shape index (κ2) is 5.13. The standard InChI is InChI=1S/C8H5BrF2N2O4/c1-17-8(14)6-5(7(10)11)3(9)2-4(12-6)13(15)16/h2,7H,1H3. The number of ether oxygens (including phenoxy) is 1. The van der Waals surface area contributed by atoms with Crippen molar-refractivity contribution in [2.24, 2.45) is 0 Å². The Kier molecular flexibility index (Phi) is 4.05. The van der Waals surface area contributed by atoms with E-state index in [1.807, 2.05) is 0 Å². The van der Waals surface area contributed by atoms with Gasteiger partial charge in [0.05, 0.1) is 18.7 Å². The highest BCUT2D eigenvalue weighted by molar-refractivity contribution is 9.10. The maximum absolute atomic E-state index is 12.7. The molecule has 17 heavy (non-hydrogen) atoms. The highest BCUT2D eigenvalue weighted by atomic mass is 79.9. The third-order valence-corrected chi connectivity index (χ3v) is 2.43. The molecule has 0 saturated heterocycles. The van der Waals surface area contributed by atoms with Crippen LogP contribution in [-0.4, -0.2) is 23.0 Å². The molecule has 1 aromatic heterocycles. The van der Waals surface area contributed by atoms with Crippen LogP contribution in [-0.2, 0) is 4.74 Å². The van der Waals surface area contributed by atoms with E-state index in [9.17, 15) is 23.7 Å². The van der Waals surface area contributed by atoms with Crippen molar-refractivity contribution < 1.29 is 23.2 Å². The van der Waals surface area contributed by atoms with Crippen LogP contribution in [0.2, 0.25) is 0 Å². The number of nitrogens with zero attached hydrogens (tertiary/aromatic N) is 2. The summed E-state index contributed by atoms with van der Waals surface area (Å²) >= 11 is 2.73. The molecule has 0 atom stereocenters. The average molecular weight is 311 g/mol. The van der Waals surface area contributed by atoms with Crippen LogP contribution in [0.5, 0.6) is 0 Å². The smallest absolute Gasteiger partial charge is 0.383 e. The Morgan fingerprint density at radius 3 is 2.65 bits per heavy atom. The predicted octanol–water partition coefficient (Wildman–Crippen LogP) is 2.48. The first-order valence-corrected chi connectivity index (χ1v) is 4.89. The van der Waals surface area contributed by atoms with Crippen molar-refractivity contribution in [3.05, 3.63) is 31.9 Å². The molecular formula is C8H5BrF2N2O4. The van der Waals surface area contributed by atoms with E-state index in [2.05, 4.69) is 25.7 Å². The SMILES string of the molecule is COC(=O)c1nc([N+](=O)[O-])cc(Br)c1C(F)F. The summed E-state index contributed by atoms with van der Waals surface area (Å²) in [6.45, 7) is 0. The number of halogens is 3. The molecule has 92 valence electrons. The number of alkyl halides is 2. The molecule has 0 aliphatic heterocycles. The van der Waals surface area contributed by atoms with Gasteiger partial charge in [0, 0.05) is 4.47 Å². The number of carbonyl (C=O) groups is 1. The minimum atomic E-state index is -3.01. The van der Waals surface area contributed by atoms with E-state index >= 15 is 0 Å². The molecule has 0 radical (unpaired) electrons. The van der Waals surface area contributed by atoms with Crippen LogP contribution in [0.4, 0.5) is 14.6 Å². The van der Waals surface area contributed by atoms with Crippen LogP contribution >= 0.6 is 15.9 Å². The quantitative estimate of drug-likeness (QED) is 0.486. The highest BCUT2D eigenvalue weighted by Gasteiger charge is 2.30. The monoisotopic (exact) mass is 310 g/mol. The van der Waals surface area contributed by atoms with Crippen molar-refractivity contribution in [3.8, 4) is 0 Å². The van der Waals surface area contributed by atoms with Crippen LogP contribution in [0.15, 0.2) is 10.5 Å². The van der Waals surface area contributed by atoms with E-state index in [4.69, 9.17) is 0 Å². The molecule has 0 saturated carbocycles. The fraction of sp³-hybridized carbons (Fsp3) is 0.250. The highest BCUT2D eigenvalue weighted by Crippen LogP contribution is 2.32. The van der Waals surface area contributed by atoms with Crippen molar-refractivity contribution in [3.63, 3.8) is 0 Å². The minimum absolute atomic E-state index is 0.269. The van der Waals surface area contributed by atoms with E-state index in [0.717, 1.165) is 13.2 Å². The molecule has 0 aromatic carbocycles. The first-order valence-electron chi connectivity index (χ1n) is 4.09. The van der Waals surface area contributed by atoms with Gasteiger partial charge < -0.3 is 14.9 Å². The van der Waals surface area contributed by atoms with E-state index in [1.165, 1.54) is 0 Å². The molecule has 0 bridgehead atoms. The molecule has 0 N–H and O–H groups in total. The first kappa shape index (κ1) is 13.4. The molecule has 0 aliphatic carbocycles. The van der Waals surface area contributed by atoms with Gasteiger partial charge in [0.1, 0.15) is 0 Å². The number of rotatable bonds is 3. The van der Waals surface area contributed by atoms with E-state index in [0.29, 0.717) is 0 Å². The maximum atomic E-state index is 12.7. The molecule has 0 amide bonds. The van der Waals surface area contributed by atoms with Gasteiger partial charge in [-0.1, -0.05) is 0 Å². The predicted molar refractivity (Wildman–Crippen MR) is 54.9 cm³/mol. The van der Waals surface area contributed by atoms with Gasteiger partial charge in [0.15, 0.2) is 0 Å². The molecule has 0 aliphatic rings. The lowest BCUT2D eigenvalue weighted by molar-refractivity contribution is -0.389. The van der Waals surface area contributed by atoms with Crippen LogP contribution < -0.4 is 0 Å². The largest absolute Gasteiger partial charge is 0.463 e. The van der Waals surface area contributed by atoms with Gasteiger partial charge in [-0.2, -0.15) is 0 Å². The third-order valence-electron chi connectivity index (χ3n) is 1.78. The number of aromatic nitrogens is 1. The maximum Gasteiger partial charge on any atom is 0.383 e. The summed E-state index contributed by atoms with van der Waals surface area (Å²) in [7, 11) is 0.964. The molecule has 0 fully saturated rings. The minimum Gasteiger partial charge on any atom is -0.463 e. The number of pyridine rings is 1. The summed E-state index contributed by atoms with van der Waals surface area (Å²) in [5.74, 6) is -1.88. The number of methoxy groups -OCH3 is 1. The number of hydrogen-bond acceptors (Lipinski definition) is 5. The van der Waals surface area contributed by atoms with Gasteiger partial charge in [-0.15, -0.1) is 0 Å². The number of hydrogen-bond donors (Lipinski definition) is 0. The zero-order valence-corrected chi connectivity index (χ0v) is 9.90. The van der Waals surface area contributed by atoms with Crippen molar-refractivity contribution in [1.29, 1.82) is 0 Å². The molecule has 1 heterocycles. The lowest BCUT2D eigenvalue weighted by Gasteiger charge is -2.05. The van der Waals surface area contributed by atoms with Crippen molar-refractivity contribution in [2.45, 2.75) is 6.43 Å². The second-order valence-corrected chi connectivity index (χ2v) is 3.63. The summed E-state index contributed by atoms with van der Waals surface area (Å²) in [5, 5.41) is 10.5. The first-order chi connectivity index (χ1) is 7.88. The molecule has 1 rings (SSSR count). The van der Waals surface area contributed by atoms with Crippen molar-refractivity contribution in [1.82, 2.24) is 4.98 Å². The lowest BCUT2D eigenvalue weighted by Crippen LogP contribution is -2.11. The lowest BCUT2D eigenvalue weighted by atomic mass is 10.2. The summed E-state index contributed by atoms with van der Waals surface area (Å²) in [4.78, 5) is 24.0. The van der Waals surface area contributed by atoms with Crippen LogP contribution in [0, 0.1) is 10.1 Å². The zero-order chi connectivity index (χ0) is 13.2. The Morgan fingerprint density at radius 2 is 2.24 bits per heavy atom. The normalized spacial score (nSPS) is 10.4. The Hall–Kier alpha value is -1.64. The van der Waals surface area contributed by atoms with Crippen molar-refractivity contribution in [2.75, 3.05) is 7.11 Å². The van der Waals surface area contributed by atoms with Gasteiger partial charge in [-0.3, -0.25) is 0 Å². The van der Waals surface area contributed by atoms with E-state index in [1.54, 1.807) is 0 Å². The van der Waals surface area contributed by atoms with E-state index < -0.39 is 34.4 Å². The summed E-state index contributed by atoms with van der Waals surface area (Å²) < 4.78 is 29.3. The molecule has 6 nitrogen and oxygen atoms in total.